The summed E-state index contributed by atoms with van der Waals surface area (Å²) < 4.78 is 6.73. The van der Waals surface area contributed by atoms with Gasteiger partial charge in [-0.2, -0.15) is 0 Å². The predicted molar refractivity (Wildman–Crippen MR) is 64.8 cm³/mol. The number of ether oxygens (including phenoxy) is 1. The van der Waals surface area contributed by atoms with Crippen molar-refractivity contribution in [3.05, 3.63) is 32.5 Å². The first-order valence-corrected chi connectivity index (χ1v) is 6.95. The number of nitrogens with one attached hydrogen (secondary N) is 1. The molecule has 0 saturated carbocycles. The second kappa shape index (κ2) is 9.23. The summed E-state index contributed by atoms with van der Waals surface area (Å²) in [5.41, 5.74) is 2.39. The van der Waals surface area contributed by atoms with Crippen LogP contribution < -0.4 is 30.1 Å². The fourth-order valence-corrected chi connectivity index (χ4v) is 2.55. The van der Waals surface area contributed by atoms with Crippen LogP contribution in [0.3, 0.4) is 0 Å². The van der Waals surface area contributed by atoms with E-state index in [1.54, 1.807) is 0 Å². The summed E-state index contributed by atoms with van der Waals surface area (Å²) in [7, 11) is 0. The Bertz CT molecular complexity index is 385. The van der Waals surface area contributed by atoms with Gasteiger partial charge in [0.1, 0.15) is 0 Å². The Morgan fingerprint density at radius 2 is 1.89 bits per heavy atom. The van der Waals surface area contributed by atoms with Gasteiger partial charge in [0.15, 0.2) is 0 Å². The molecule has 0 radical (unpaired) electrons. The van der Waals surface area contributed by atoms with Crippen LogP contribution in [0.2, 0.25) is 0 Å². The van der Waals surface area contributed by atoms with E-state index in [1.165, 1.54) is 33.7 Å². The summed E-state index contributed by atoms with van der Waals surface area (Å²) in [5.74, 6) is 0.882. The Kier molecular flexibility index (Phi) is 10.5. The molecule has 0 atom stereocenters. The second-order valence-corrected chi connectivity index (χ2v) is 6.27. The van der Waals surface area contributed by atoms with E-state index in [1.807, 2.05) is 6.92 Å². The number of hydrogen-bond donors (Lipinski definition) is 2. The first-order chi connectivity index (χ1) is 7.85. The van der Waals surface area contributed by atoms with Crippen LogP contribution in [0, 0.1) is 0 Å². The minimum absolute atomic E-state index is 0. The first kappa shape index (κ1) is 21.5. The third-order valence-electron chi connectivity index (χ3n) is 2.25. The van der Waals surface area contributed by atoms with Crippen LogP contribution in [-0.4, -0.2) is 23.9 Å². The summed E-state index contributed by atoms with van der Waals surface area (Å²) >= 11 is 1.36. The van der Waals surface area contributed by atoms with Gasteiger partial charge in [-0.05, 0) is 0 Å². The van der Waals surface area contributed by atoms with Crippen molar-refractivity contribution < 1.29 is 59.4 Å². The van der Waals surface area contributed by atoms with E-state index in [2.05, 4.69) is 38.2 Å². The maximum Gasteiger partial charge on any atom is -1.00 e. The molecule has 0 saturated heterocycles. The number of allylic oxidation sites excluding steroid dienone is 5. The van der Waals surface area contributed by atoms with Crippen LogP contribution in [0.25, 0.3) is 0 Å². The zero-order chi connectivity index (χ0) is 13.1. The van der Waals surface area contributed by atoms with E-state index in [0.29, 0.717) is 6.61 Å². The molecule has 0 aromatic carbocycles. The van der Waals surface area contributed by atoms with Crippen molar-refractivity contribution in [2.24, 2.45) is 0 Å². The summed E-state index contributed by atoms with van der Waals surface area (Å²) in [4.78, 5) is 0. The van der Waals surface area contributed by atoms with E-state index >= 15 is 0 Å². The third kappa shape index (κ3) is 6.99. The SMILES string of the molecule is CC(OCCO)=C1C=CC(NC(C)(C)C)=[C]1[Zr+2].[Cl-].[Cl-]. The van der Waals surface area contributed by atoms with Crippen molar-refractivity contribution >= 4 is 0 Å². The molecule has 1 aliphatic carbocycles. The van der Waals surface area contributed by atoms with Crippen molar-refractivity contribution in [2.45, 2.75) is 33.2 Å². The van der Waals surface area contributed by atoms with Gasteiger partial charge in [-0.3, -0.25) is 0 Å². The van der Waals surface area contributed by atoms with Crippen LogP contribution in [0.1, 0.15) is 27.7 Å². The molecule has 0 amide bonds. The molecule has 2 N–H and O–H groups in total. The minimum Gasteiger partial charge on any atom is -1.00 e. The van der Waals surface area contributed by atoms with E-state index in [-0.39, 0.29) is 37.0 Å². The fraction of sp³-hybridized carbons (Fsp3) is 0.538. The Hall–Kier alpha value is 0.243. The zero-order valence-corrected chi connectivity index (χ0v) is 15.7. The molecule has 107 valence electrons. The van der Waals surface area contributed by atoms with E-state index in [0.717, 1.165) is 11.3 Å². The number of aliphatic hydroxyl groups is 1. The van der Waals surface area contributed by atoms with E-state index in [4.69, 9.17) is 9.84 Å². The van der Waals surface area contributed by atoms with Crippen LogP contribution >= 0.6 is 0 Å². The largest absolute Gasteiger partial charge is 1.00 e. The molecule has 0 aliphatic heterocycles. The van der Waals surface area contributed by atoms with Gasteiger partial charge < -0.3 is 24.8 Å². The summed E-state index contributed by atoms with van der Waals surface area (Å²) in [5, 5.41) is 12.2. The van der Waals surface area contributed by atoms with Gasteiger partial charge in [-0.1, -0.05) is 0 Å². The van der Waals surface area contributed by atoms with Gasteiger partial charge in [0.25, 0.3) is 0 Å². The Balaban J connectivity index is 0. The van der Waals surface area contributed by atoms with Crippen molar-refractivity contribution in [3.63, 3.8) is 0 Å². The van der Waals surface area contributed by atoms with Gasteiger partial charge in [-0.25, -0.2) is 0 Å². The van der Waals surface area contributed by atoms with Crippen molar-refractivity contribution in [1.29, 1.82) is 0 Å². The molecule has 3 nitrogen and oxygen atoms in total. The second-order valence-electron chi connectivity index (χ2n) is 5.04. The number of halogens is 2. The average molecular weight is 384 g/mol. The first-order valence-electron chi connectivity index (χ1n) is 5.72. The van der Waals surface area contributed by atoms with E-state index in [9.17, 15) is 0 Å². The molecular weight excluding hydrogens is 364 g/mol. The molecule has 19 heavy (non-hydrogen) atoms. The molecule has 0 aromatic rings. The Morgan fingerprint density at radius 1 is 1.32 bits per heavy atom. The maximum atomic E-state index is 8.74. The molecule has 0 unspecified atom stereocenters. The molecule has 6 heteroatoms. The van der Waals surface area contributed by atoms with Crippen LogP contribution in [0.5, 0.6) is 0 Å². The molecule has 0 spiro atoms. The number of aliphatic hydroxyl groups excluding tert-OH is 1. The molecular formula is C13H20Cl2NO2Zr. The Morgan fingerprint density at radius 3 is 2.37 bits per heavy atom. The van der Waals surface area contributed by atoms with Gasteiger partial charge >= 0.3 is 119 Å². The third-order valence-corrected chi connectivity index (χ3v) is 3.58. The van der Waals surface area contributed by atoms with Crippen molar-refractivity contribution in [1.82, 2.24) is 5.32 Å². The maximum absolute atomic E-state index is 8.74. The molecule has 0 aromatic heterocycles. The van der Waals surface area contributed by atoms with Gasteiger partial charge in [0.05, 0.1) is 0 Å². The summed E-state index contributed by atoms with van der Waals surface area (Å²) in [6.45, 7) is 8.79. The van der Waals surface area contributed by atoms with Crippen LogP contribution in [-0.2, 0) is 29.5 Å². The summed E-state index contributed by atoms with van der Waals surface area (Å²) in [6.07, 6.45) is 4.17. The topological polar surface area (TPSA) is 41.5 Å². The molecule has 0 heterocycles. The van der Waals surface area contributed by atoms with Crippen molar-refractivity contribution in [3.8, 4) is 0 Å². The predicted octanol–water partition coefficient (Wildman–Crippen LogP) is -4.01. The molecule has 1 aliphatic rings. The van der Waals surface area contributed by atoms with Gasteiger partial charge in [0.2, 0.25) is 0 Å². The van der Waals surface area contributed by atoms with Crippen LogP contribution in [0.4, 0.5) is 0 Å². The van der Waals surface area contributed by atoms with Gasteiger partial charge in [0, 0.05) is 0 Å². The fourth-order valence-electron chi connectivity index (χ4n) is 1.56. The minimum atomic E-state index is 0. The van der Waals surface area contributed by atoms with E-state index < -0.39 is 0 Å². The zero-order valence-electron chi connectivity index (χ0n) is 11.7. The number of rotatable bonds is 4. The van der Waals surface area contributed by atoms with Gasteiger partial charge in [-0.15, -0.1) is 0 Å². The normalized spacial score (nSPS) is 16.8. The quantitative estimate of drug-likeness (QED) is 0.486. The smallest absolute Gasteiger partial charge is 1.00 e. The Labute approximate surface area is 143 Å². The molecule has 0 bridgehead atoms. The molecule has 1 rings (SSSR count). The van der Waals surface area contributed by atoms with Crippen molar-refractivity contribution in [2.75, 3.05) is 13.2 Å². The summed E-state index contributed by atoms with van der Waals surface area (Å²) in [6, 6.07) is 0. The van der Waals surface area contributed by atoms with Crippen LogP contribution in [0.15, 0.2) is 32.5 Å². The standard InChI is InChI=1S/C13H20NO2.2ClH.Zr/c1-10(16-8-7-15)11-5-6-12(9-11)14-13(2,3)4;;;/h5-6,14-15H,7-8H2,1-4H3;2*1H;/q;;;+2/p-2. The number of hydrogen-bond acceptors (Lipinski definition) is 3. The monoisotopic (exact) mass is 382 g/mol. The molecule has 0 fully saturated rings. The average Bonchev–Trinajstić information content (AvgIpc) is 2.55.